The maximum Gasteiger partial charge on any atom is 0.165 e. The molecule has 2 aromatic rings. The first-order valence-corrected chi connectivity index (χ1v) is 7.62. The number of hydrogen-bond donors (Lipinski definition) is 1. The van der Waals surface area contributed by atoms with Gasteiger partial charge in [0.15, 0.2) is 23.7 Å². The van der Waals surface area contributed by atoms with Crippen LogP contribution in [0.1, 0.15) is 18.6 Å². The van der Waals surface area contributed by atoms with Crippen molar-refractivity contribution in [1.82, 2.24) is 5.32 Å². The van der Waals surface area contributed by atoms with Gasteiger partial charge in [-0.25, -0.2) is 0 Å². The lowest BCUT2D eigenvalue weighted by Crippen LogP contribution is -2.33. The highest BCUT2D eigenvalue weighted by molar-refractivity contribution is 5.44. The zero-order valence-corrected chi connectivity index (χ0v) is 12.9. The van der Waals surface area contributed by atoms with E-state index < -0.39 is 0 Å². The van der Waals surface area contributed by atoms with Gasteiger partial charge in [0.25, 0.3) is 0 Å². The van der Waals surface area contributed by atoms with Crippen LogP contribution in [0.25, 0.3) is 0 Å². The Hall–Kier alpha value is -2.20. The summed E-state index contributed by atoms with van der Waals surface area (Å²) in [5.74, 6) is 2.40. The van der Waals surface area contributed by atoms with E-state index in [2.05, 4.69) is 11.4 Å². The lowest BCUT2D eigenvalue weighted by Gasteiger charge is -2.21. The second kappa shape index (κ2) is 6.71. The molecule has 0 saturated heterocycles. The molecule has 0 aromatic heterocycles. The van der Waals surface area contributed by atoms with Crippen LogP contribution in [0.3, 0.4) is 0 Å². The van der Waals surface area contributed by atoms with Crippen molar-refractivity contribution in [2.75, 3.05) is 20.2 Å². The Morgan fingerprint density at radius 2 is 1.77 bits per heavy atom. The molecular formula is C18H21NO3. The third kappa shape index (κ3) is 2.88. The topological polar surface area (TPSA) is 39.7 Å². The van der Waals surface area contributed by atoms with Crippen LogP contribution in [-0.4, -0.2) is 26.3 Å². The van der Waals surface area contributed by atoms with E-state index in [4.69, 9.17) is 14.2 Å². The highest BCUT2D eigenvalue weighted by atomic mass is 16.6. The number of benzene rings is 2. The molecule has 3 rings (SSSR count). The molecule has 1 heterocycles. The summed E-state index contributed by atoms with van der Waals surface area (Å²) in [4.78, 5) is 0. The van der Waals surface area contributed by atoms with Crippen molar-refractivity contribution < 1.29 is 14.2 Å². The third-order valence-electron chi connectivity index (χ3n) is 3.65. The summed E-state index contributed by atoms with van der Waals surface area (Å²) in [5, 5.41) is 3.16. The van der Waals surface area contributed by atoms with Crippen LogP contribution >= 0.6 is 0 Å². The van der Waals surface area contributed by atoms with Crippen LogP contribution in [-0.2, 0) is 0 Å². The second-order valence-corrected chi connectivity index (χ2v) is 5.17. The Bertz CT molecular complexity index is 629. The van der Waals surface area contributed by atoms with Gasteiger partial charge in [0.1, 0.15) is 5.75 Å². The number of para-hydroxylation sites is 3. The van der Waals surface area contributed by atoms with E-state index in [1.165, 1.54) is 0 Å². The Morgan fingerprint density at radius 3 is 2.55 bits per heavy atom. The predicted octanol–water partition coefficient (Wildman–Crippen LogP) is 3.19. The number of nitrogens with one attached hydrogen (secondary N) is 1. The summed E-state index contributed by atoms with van der Waals surface area (Å²) in [7, 11) is 1.91. The number of ether oxygens (including phenoxy) is 3. The van der Waals surface area contributed by atoms with Crippen LogP contribution < -0.4 is 19.5 Å². The van der Waals surface area contributed by atoms with Crippen LogP contribution in [0.4, 0.5) is 0 Å². The molecule has 4 heteroatoms. The molecule has 1 aliphatic heterocycles. The predicted molar refractivity (Wildman–Crippen MR) is 85.8 cm³/mol. The van der Waals surface area contributed by atoms with Gasteiger partial charge in [0, 0.05) is 12.1 Å². The molecule has 0 spiro atoms. The van der Waals surface area contributed by atoms with Crippen molar-refractivity contribution in [2.45, 2.75) is 19.1 Å². The van der Waals surface area contributed by atoms with Crippen molar-refractivity contribution in [3.63, 3.8) is 0 Å². The van der Waals surface area contributed by atoms with E-state index >= 15 is 0 Å². The Kier molecular flexibility index (Phi) is 4.49. The van der Waals surface area contributed by atoms with Gasteiger partial charge >= 0.3 is 0 Å². The fourth-order valence-corrected chi connectivity index (χ4v) is 2.70. The normalized spacial score (nSPS) is 19.4. The average molecular weight is 299 g/mol. The molecule has 116 valence electrons. The van der Waals surface area contributed by atoms with Gasteiger partial charge in [-0.05, 0) is 32.2 Å². The molecule has 2 unspecified atom stereocenters. The van der Waals surface area contributed by atoms with Crippen molar-refractivity contribution in [1.29, 1.82) is 0 Å². The Morgan fingerprint density at radius 1 is 1.05 bits per heavy atom. The zero-order valence-electron chi connectivity index (χ0n) is 12.9. The molecule has 22 heavy (non-hydrogen) atoms. The SMILES string of the molecule is CCOc1ccccc1OC1c2ccccc2OC1CNC. The summed E-state index contributed by atoms with van der Waals surface area (Å²) in [6.45, 7) is 3.29. The van der Waals surface area contributed by atoms with E-state index in [0.29, 0.717) is 6.61 Å². The molecule has 1 N–H and O–H groups in total. The lowest BCUT2D eigenvalue weighted by atomic mass is 10.1. The minimum Gasteiger partial charge on any atom is -0.490 e. The van der Waals surface area contributed by atoms with Gasteiger partial charge in [-0.15, -0.1) is 0 Å². The summed E-state index contributed by atoms with van der Waals surface area (Å²) in [5.41, 5.74) is 1.08. The standard InChI is InChI=1S/C18H21NO3/c1-3-20-15-10-6-7-11-16(15)22-18-13-8-4-5-9-14(13)21-17(18)12-19-2/h4-11,17-19H,3,12H2,1-2H3. The minimum atomic E-state index is -0.148. The number of rotatable bonds is 6. The van der Waals surface area contributed by atoms with Crippen LogP contribution in [0, 0.1) is 0 Å². The van der Waals surface area contributed by atoms with E-state index in [1.54, 1.807) is 0 Å². The summed E-state index contributed by atoms with van der Waals surface area (Å²) >= 11 is 0. The van der Waals surface area contributed by atoms with E-state index in [-0.39, 0.29) is 12.2 Å². The third-order valence-corrected chi connectivity index (χ3v) is 3.65. The van der Waals surface area contributed by atoms with Gasteiger partial charge in [0.05, 0.1) is 6.61 Å². The molecule has 0 aliphatic carbocycles. The summed E-state index contributed by atoms with van der Waals surface area (Å²) in [6.07, 6.45) is -0.206. The zero-order chi connectivity index (χ0) is 15.4. The average Bonchev–Trinajstić information content (AvgIpc) is 2.88. The smallest absolute Gasteiger partial charge is 0.165 e. The van der Waals surface area contributed by atoms with Crippen LogP contribution in [0.5, 0.6) is 17.2 Å². The molecule has 0 bridgehead atoms. The largest absolute Gasteiger partial charge is 0.490 e. The van der Waals surface area contributed by atoms with Gasteiger partial charge in [-0.1, -0.05) is 30.3 Å². The van der Waals surface area contributed by atoms with Gasteiger partial charge in [0.2, 0.25) is 0 Å². The molecule has 0 saturated carbocycles. The maximum absolute atomic E-state index is 6.26. The first kappa shape index (κ1) is 14.7. The van der Waals surface area contributed by atoms with Crippen molar-refractivity contribution in [3.05, 3.63) is 54.1 Å². The second-order valence-electron chi connectivity index (χ2n) is 5.17. The number of hydrogen-bond acceptors (Lipinski definition) is 4. The van der Waals surface area contributed by atoms with Crippen molar-refractivity contribution in [3.8, 4) is 17.2 Å². The first-order valence-electron chi connectivity index (χ1n) is 7.62. The highest BCUT2D eigenvalue weighted by Crippen LogP contribution is 2.41. The summed E-state index contributed by atoms with van der Waals surface area (Å²) in [6, 6.07) is 15.8. The van der Waals surface area contributed by atoms with E-state index in [9.17, 15) is 0 Å². The van der Waals surface area contributed by atoms with Crippen molar-refractivity contribution >= 4 is 0 Å². The molecular weight excluding hydrogens is 278 g/mol. The lowest BCUT2D eigenvalue weighted by molar-refractivity contribution is 0.0841. The molecule has 1 aliphatic rings. The van der Waals surface area contributed by atoms with Crippen LogP contribution in [0.2, 0.25) is 0 Å². The monoisotopic (exact) mass is 299 g/mol. The van der Waals surface area contributed by atoms with E-state index in [1.807, 2.05) is 56.4 Å². The molecule has 2 atom stereocenters. The fourth-order valence-electron chi connectivity index (χ4n) is 2.70. The Labute approximate surface area is 131 Å². The molecule has 0 amide bonds. The summed E-state index contributed by atoms with van der Waals surface area (Å²) < 4.78 is 17.9. The number of likely N-dealkylation sites (N-methyl/N-ethyl adjacent to an activating group) is 1. The quantitative estimate of drug-likeness (QED) is 0.889. The number of fused-ring (bicyclic) bond motifs is 1. The molecule has 4 nitrogen and oxygen atoms in total. The molecule has 0 fully saturated rings. The molecule has 2 aromatic carbocycles. The Balaban J connectivity index is 1.89. The van der Waals surface area contributed by atoms with Gasteiger partial charge < -0.3 is 19.5 Å². The van der Waals surface area contributed by atoms with Gasteiger partial charge in [-0.3, -0.25) is 0 Å². The molecule has 0 radical (unpaired) electrons. The maximum atomic E-state index is 6.26. The fraction of sp³-hybridized carbons (Fsp3) is 0.333. The minimum absolute atomic E-state index is 0.0583. The van der Waals surface area contributed by atoms with E-state index in [0.717, 1.165) is 29.4 Å². The van der Waals surface area contributed by atoms with Crippen LogP contribution in [0.15, 0.2) is 48.5 Å². The highest BCUT2D eigenvalue weighted by Gasteiger charge is 2.36. The van der Waals surface area contributed by atoms with Gasteiger partial charge in [-0.2, -0.15) is 0 Å². The van der Waals surface area contributed by atoms with Crippen molar-refractivity contribution in [2.24, 2.45) is 0 Å². The first-order chi connectivity index (χ1) is 10.8.